The van der Waals surface area contributed by atoms with Crippen LogP contribution in [0.25, 0.3) is 0 Å². The van der Waals surface area contributed by atoms with Crippen LogP contribution in [0.5, 0.6) is 0 Å². The van der Waals surface area contributed by atoms with Crippen molar-refractivity contribution in [3.8, 4) is 0 Å². The lowest BCUT2D eigenvalue weighted by Gasteiger charge is -2.32. The second-order valence-electron chi connectivity index (χ2n) is 9.01. The van der Waals surface area contributed by atoms with Gasteiger partial charge >= 0.3 is 0 Å². The zero-order chi connectivity index (χ0) is 25.0. The predicted molar refractivity (Wildman–Crippen MR) is 146 cm³/mol. The lowest BCUT2D eigenvalue weighted by atomic mass is 10.0. The third kappa shape index (κ3) is 8.59. The Morgan fingerprint density at radius 3 is 2.14 bits per heavy atom. The molecule has 2 amide bonds. The van der Waals surface area contributed by atoms with Gasteiger partial charge in [-0.2, -0.15) is 0 Å². The molecule has 0 heterocycles. The molecule has 3 rings (SSSR count). The number of nitrogens with zero attached hydrogens (tertiary/aromatic N) is 1. The van der Waals surface area contributed by atoms with E-state index < -0.39 is 6.04 Å². The lowest BCUT2D eigenvalue weighted by molar-refractivity contribution is -0.139. The fraction of sp³-hybridized carbons (Fsp3) is 0.333. The van der Waals surface area contributed by atoms with E-state index in [2.05, 4.69) is 23.5 Å². The quantitative estimate of drug-likeness (QED) is 0.351. The fourth-order valence-corrected chi connectivity index (χ4v) is 4.79. The van der Waals surface area contributed by atoms with Crippen molar-refractivity contribution in [2.45, 2.75) is 58.0 Å². The van der Waals surface area contributed by atoms with E-state index in [1.54, 1.807) is 16.7 Å². The predicted octanol–water partition coefficient (Wildman–Crippen LogP) is 5.78. The summed E-state index contributed by atoms with van der Waals surface area (Å²) in [5, 5.41) is 3.12. The monoisotopic (exact) mass is 488 g/mol. The zero-order valence-electron chi connectivity index (χ0n) is 20.9. The highest BCUT2D eigenvalue weighted by atomic mass is 32.2. The van der Waals surface area contributed by atoms with Gasteiger partial charge in [0.25, 0.3) is 0 Å². The van der Waals surface area contributed by atoms with Crippen LogP contribution < -0.4 is 5.32 Å². The Labute approximate surface area is 214 Å². The number of benzene rings is 3. The van der Waals surface area contributed by atoms with Crippen LogP contribution in [0.3, 0.4) is 0 Å². The summed E-state index contributed by atoms with van der Waals surface area (Å²) in [6, 6.07) is 27.7. The second kappa shape index (κ2) is 13.7. The van der Waals surface area contributed by atoms with Crippen molar-refractivity contribution in [2.75, 3.05) is 5.75 Å². The first-order valence-electron chi connectivity index (χ1n) is 12.3. The smallest absolute Gasteiger partial charge is 0.243 e. The summed E-state index contributed by atoms with van der Waals surface area (Å²) in [7, 11) is 0. The lowest BCUT2D eigenvalue weighted by Crippen LogP contribution is -2.52. The Balaban J connectivity index is 1.86. The van der Waals surface area contributed by atoms with Gasteiger partial charge in [0.15, 0.2) is 0 Å². The SMILES string of the molecule is CC[C@@H](C)NC(=O)[C@@H](Cc1ccccc1)N(Cc1cccc(C)c1)C(=O)CSCc1ccccc1. The Morgan fingerprint density at radius 1 is 0.886 bits per heavy atom. The molecular formula is C30H36N2O2S. The maximum absolute atomic E-state index is 13.6. The van der Waals surface area contributed by atoms with E-state index >= 15 is 0 Å². The number of hydrogen-bond donors (Lipinski definition) is 1. The molecule has 3 aromatic carbocycles. The number of carbonyl (C=O) groups is 2. The van der Waals surface area contributed by atoms with Crippen molar-refractivity contribution in [3.63, 3.8) is 0 Å². The normalized spacial score (nSPS) is 12.5. The third-order valence-electron chi connectivity index (χ3n) is 6.04. The molecule has 4 nitrogen and oxygen atoms in total. The minimum Gasteiger partial charge on any atom is -0.352 e. The minimum absolute atomic E-state index is 0.0207. The van der Waals surface area contributed by atoms with E-state index in [0.717, 1.165) is 28.9 Å². The summed E-state index contributed by atoms with van der Waals surface area (Å²) in [6.45, 7) is 6.49. The average molecular weight is 489 g/mol. The van der Waals surface area contributed by atoms with E-state index in [1.807, 2.05) is 87.5 Å². The molecule has 0 aliphatic rings. The fourth-order valence-electron chi connectivity index (χ4n) is 3.92. The molecule has 1 N–H and O–H groups in total. The average Bonchev–Trinajstić information content (AvgIpc) is 2.87. The molecule has 5 heteroatoms. The van der Waals surface area contributed by atoms with Crippen molar-refractivity contribution in [2.24, 2.45) is 0 Å². The van der Waals surface area contributed by atoms with Crippen LogP contribution in [0.15, 0.2) is 84.9 Å². The standard InChI is InChI=1S/C30H36N2O2S/c1-4-24(3)31-30(34)28(19-25-13-7-5-8-14-25)32(20-27-17-11-12-23(2)18-27)29(33)22-35-21-26-15-9-6-10-16-26/h5-18,24,28H,4,19-22H2,1-3H3,(H,31,34)/t24-,28-/m1/s1. The number of nitrogens with one attached hydrogen (secondary N) is 1. The number of amides is 2. The molecular weight excluding hydrogens is 452 g/mol. The van der Waals surface area contributed by atoms with E-state index in [0.29, 0.717) is 18.7 Å². The molecule has 3 aromatic rings. The number of rotatable bonds is 12. The molecule has 184 valence electrons. The second-order valence-corrected chi connectivity index (χ2v) is 10.00. The largest absolute Gasteiger partial charge is 0.352 e. The number of hydrogen-bond acceptors (Lipinski definition) is 3. The van der Waals surface area contributed by atoms with E-state index in [9.17, 15) is 9.59 Å². The highest BCUT2D eigenvalue weighted by molar-refractivity contribution is 7.99. The van der Waals surface area contributed by atoms with Crippen molar-refractivity contribution in [1.82, 2.24) is 10.2 Å². The molecule has 0 aliphatic carbocycles. The van der Waals surface area contributed by atoms with Crippen LogP contribution in [0.4, 0.5) is 0 Å². The van der Waals surface area contributed by atoms with E-state index in [1.165, 1.54) is 5.56 Å². The summed E-state index contributed by atoms with van der Waals surface area (Å²) in [5.74, 6) is 0.959. The molecule has 0 aliphatic heterocycles. The van der Waals surface area contributed by atoms with Gasteiger partial charge in [0.2, 0.25) is 11.8 Å². The van der Waals surface area contributed by atoms with Gasteiger partial charge in [-0.05, 0) is 37.0 Å². The zero-order valence-corrected chi connectivity index (χ0v) is 21.8. The Bertz CT molecular complexity index is 1070. The maximum atomic E-state index is 13.6. The molecule has 0 saturated carbocycles. The molecule has 2 atom stereocenters. The van der Waals surface area contributed by atoms with E-state index in [-0.39, 0.29) is 17.9 Å². The molecule has 0 fully saturated rings. The van der Waals surface area contributed by atoms with Crippen LogP contribution in [0.1, 0.15) is 42.5 Å². The van der Waals surface area contributed by atoms with Gasteiger partial charge in [-0.15, -0.1) is 11.8 Å². The van der Waals surface area contributed by atoms with Crippen LogP contribution in [0.2, 0.25) is 0 Å². The van der Waals surface area contributed by atoms with Gasteiger partial charge in [-0.1, -0.05) is 97.4 Å². The van der Waals surface area contributed by atoms with Crippen LogP contribution in [-0.4, -0.2) is 34.6 Å². The minimum atomic E-state index is -0.586. The number of aryl methyl sites for hydroxylation is 1. The van der Waals surface area contributed by atoms with Gasteiger partial charge in [-0.3, -0.25) is 9.59 Å². The summed E-state index contributed by atoms with van der Waals surface area (Å²) in [6.07, 6.45) is 1.31. The van der Waals surface area contributed by atoms with Gasteiger partial charge < -0.3 is 10.2 Å². The van der Waals surface area contributed by atoms with E-state index in [4.69, 9.17) is 0 Å². The van der Waals surface area contributed by atoms with Crippen LogP contribution in [-0.2, 0) is 28.3 Å². The first kappa shape index (κ1) is 26.6. The number of thioether (sulfide) groups is 1. The Hall–Kier alpha value is -3.05. The van der Waals surface area contributed by atoms with Gasteiger partial charge in [0, 0.05) is 24.8 Å². The third-order valence-corrected chi connectivity index (χ3v) is 7.03. The summed E-state index contributed by atoms with van der Waals surface area (Å²) >= 11 is 1.59. The van der Waals surface area contributed by atoms with Crippen molar-refractivity contribution >= 4 is 23.6 Å². The summed E-state index contributed by atoms with van der Waals surface area (Å²) in [4.78, 5) is 28.9. The molecule has 0 bridgehead atoms. The molecule has 0 aromatic heterocycles. The Morgan fingerprint density at radius 2 is 1.51 bits per heavy atom. The topological polar surface area (TPSA) is 49.4 Å². The number of carbonyl (C=O) groups excluding carboxylic acids is 2. The summed E-state index contributed by atoms with van der Waals surface area (Å²) in [5.41, 5.74) is 4.39. The Kier molecular flexibility index (Phi) is 10.4. The molecule has 0 spiro atoms. The van der Waals surface area contributed by atoms with Gasteiger partial charge in [0.1, 0.15) is 6.04 Å². The van der Waals surface area contributed by atoms with Crippen molar-refractivity contribution in [1.29, 1.82) is 0 Å². The van der Waals surface area contributed by atoms with Crippen LogP contribution >= 0.6 is 11.8 Å². The van der Waals surface area contributed by atoms with Gasteiger partial charge in [0.05, 0.1) is 5.75 Å². The first-order chi connectivity index (χ1) is 17.0. The molecule has 35 heavy (non-hydrogen) atoms. The molecule has 0 unspecified atom stereocenters. The van der Waals surface area contributed by atoms with Gasteiger partial charge in [-0.25, -0.2) is 0 Å². The first-order valence-corrected chi connectivity index (χ1v) is 13.4. The maximum Gasteiger partial charge on any atom is 0.243 e. The summed E-state index contributed by atoms with van der Waals surface area (Å²) < 4.78 is 0. The highest BCUT2D eigenvalue weighted by Gasteiger charge is 2.30. The van der Waals surface area contributed by atoms with Crippen LogP contribution in [0, 0.1) is 6.92 Å². The highest BCUT2D eigenvalue weighted by Crippen LogP contribution is 2.19. The van der Waals surface area contributed by atoms with Crippen molar-refractivity contribution in [3.05, 3.63) is 107 Å². The molecule has 0 saturated heterocycles. The van der Waals surface area contributed by atoms with Crippen molar-refractivity contribution < 1.29 is 9.59 Å². The molecule has 0 radical (unpaired) electrons.